The lowest BCUT2D eigenvalue weighted by molar-refractivity contribution is 0.102. The highest BCUT2D eigenvalue weighted by Crippen LogP contribution is 2.24. The zero-order valence-electron chi connectivity index (χ0n) is 19.1. The van der Waals surface area contributed by atoms with Crippen molar-refractivity contribution >= 4 is 23.4 Å². The molecule has 0 aliphatic rings. The highest BCUT2D eigenvalue weighted by atomic mass is 32.2. The van der Waals surface area contributed by atoms with Crippen molar-refractivity contribution in [3.8, 4) is 11.4 Å². The normalized spacial score (nSPS) is 10.8. The molecule has 1 N–H and O–H groups in total. The molecule has 4 aromatic rings. The van der Waals surface area contributed by atoms with Gasteiger partial charge in [0.15, 0.2) is 10.9 Å². The number of nitrogens with zero attached hydrogens (tertiary/aromatic N) is 5. The van der Waals surface area contributed by atoms with Crippen LogP contribution in [0, 0.1) is 0 Å². The van der Waals surface area contributed by atoms with E-state index in [4.69, 9.17) is 4.74 Å². The van der Waals surface area contributed by atoms with Crippen LogP contribution >= 0.6 is 11.8 Å². The zero-order valence-corrected chi connectivity index (χ0v) is 20.0. The summed E-state index contributed by atoms with van der Waals surface area (Å²) in [7, 11) is 1.62. The predicted octanol–water partition coefficient (Wildman–Crippen LogP) is 4.95. The number of carbonyl (C=O) groups excluding carboxylic acids is 1. The van der Waals surface area contributed by atoms with Crippen LogP contribution in [0.25, 0.3) is 5.69 Å². The highest BCUT2D eigenvalue weighted by Gasteiger charge is 2.21. The van der Waals surface area contributed by atoms with Crippen LogP contribution in [0.2, 0.25) is 0 Å². The van der Waals surface area contributed by atoms with Crippen molar-refractivity contribution in [2.75, 3.05) is 12.4 Å². The molecule has 0 fully saturated rings. The minimum absolute atomic E-state index is 0.259. The fourth-order valence-corrected chi connectivity index (χ4v) is 4.15. The summed E-state index contributed by atoms with van der Waals surface area (Å²) in [5.74, 6) is 0.838. The number of hydrogen-bond donors (Lipinski definition) is 1. The summed E-state index contributed by atoms with van der Waals surface area (Å²) < 4.78 is 6.92. The largest absolute Gasteiger partial charge is 0.497 e. The van der Waals surface area contributed by atoms with E-state index in [1.165, 1.54) is 17.3 Å². The second kappa shape index (κ2) is 11.4. The molecule has 0 saturated heterocycles. The summed E-state index contributed by atoms with van der Waals surface area (Å²) >= 11 is 1.41. The third kappa shape index (κ3) is 5.79. The van der Waals surface area contributed by atoms with E-state index < -0.39 is 0 Å². The van der Waals surface area contributed by atoms with Gasteiger partial charge in [-0.3, -0.25) is 4.79 Å². The Morgan fingerprint density at radius 3 is 2.47 bits per heavy atom. The second-order valence-electron chi connectivity index (χ2n) is 7.57. The Morgan fingerprint density at radius 1 is 1.06 bits per heavy atom. The fraction of sp³-hybridized carbons (Fsp3) is 0.240. The summed E-state index contributed by atoms with van der Waals surface area (Å²) in [6.07, 6.45) is 6.70. The number of carbonyl (C=O) groups is 1. The van der Waals surface area contributed by atoms with E-state index in [1.54, 1.807) is 30.3 Å². The molecule has 1 amide bonds. The average molecular weight is 475 g/mol. The van der Waals surface area contributed by atoms with Gasteiger partial charge in [-0.2, -0.15) is 0 Å². The summed E-state index contributed by atoms with van der Waals surface area (Å²) in [6.45, 7) is 2.17. The van der Waals surface area contributed by atoms with Gasteiger partial charge in [-0.05, 0) is 60.9 Å². The number of methoxy groups -OCH3 is 1. The zero-order chi connectivity index (χ0) is 23.8. The molecule has 0 saturated carbocycles. The van der Waals surface area contributed by atoms with Crippen molar-refractivity contribution in [1.82, 2.24) is 25.0 Å². The monoisotopic (exact) mass is 474 g/mol. The van der Waals surface area contributed by atoms with Crippen molar-refractivity contribution in [3.05, 3.63) is 83.9 Å². The van der Waals surface area contributed by atoms with Gasteiger partial charge >= 0.3 is 0 Å². The number of anilines is 1. The van der Waals surface area contributed by atoms with E-state index >= 15 is 0 Å². The third-order valence-corrected chi connectivity index (χ3v) is 6.09. The standard InChI is InChI=1S/C25H26N6O2S/c1-3-4-6-18-7-9-19(10-8-18)28-24(32)23-22(17-34-25-26-15-5-16-27-25)31(30-29-23)20-11-13-21(33-2)14-12-20/h5,7-16H,3-4,6,17H2,1-2H3,(H,28,32). The topological polar surface area (TPSA) is 94.8 Å². The van der Waals surface area contributed by atoms with Crippen LogP contribution in [-0.2, 0) is 12.2 Å². The van der Waals surface area contributed by atoms with E-state index in [0.717, 1.165) is 30.7 Å². The number of thioether (sulfide) groups is 1. The van der Waals surface area contributed by atoms with Crippen molar-refractivity contribution in [1.29, 1.82) is 0 Å². The first-order chi connectivity index (χ1) is 16.7. The molecule has 8 nitrogen and oxygen atoms in total. The van der Waals surface area contributed by atoms with Gasteiger partial charge in [0.25, 0.3) is 5.91 Å². The molecule has 0 aliphatic carbocycles. The highest BCUT2D eigenvalue weighted by molar-refractivity contribution is 7.98. The number of amides is 1. The van der Waals surface area contributed by atoms with Crippen molar-refractivity contribution < 1.29 is 9.53 Å². The van der Waals surface area contributed by atoms with Gasteiger partial charge in [0.05, 0.1) is 18.5 Å². The lowest BCUT2D eigenvalue weighted by atomic mass is 10.1. The molecule has 0 spiro atoms. The molecule has 9 heteroatoms. The molecule has 0 aliphatic heterocycles. The molecule has 0 radical (unpaired) electrons. The van der Waals surface area contributed by atoms with Crippen molar-refractivity contribution in [2.45, 2.75) is 37.1 Å². The van der Waals surface area contributed by atoms with Crippen LogP contribution in [0.1, 0.15) is 41.5 Å². The van der Waals surface area contributed by atoms with Crippen LogP contribution < -0.4 is 10.1 Å². The SMILES string of the molecule is CCCCc1ccc(NC(=O)c2nnn(-c3ccc(OC)cc3)c2CSc2ncccn2)cc1. The molecule has 34 heavy (non-hydrogen) atoms. The number of ether oxygens (including phenoxy) is 1. The Hall–Kier alpha value is -3.72. The molecule has 2 aromatic carbocycles. The predicted molar refractivity (Wildman–Crippen MR) is 133 cm³/mol. The summed E-state index contributed by atoms with van der Waals surface area (Å²) in [6, 6.07) is 17.1. The van der Waals surface area contributed by atoms with Crippen LogP contribution in [-0.4, -0.2) is 38.0 Å². The Kier molecular flexibility index (Phi) is 7.87. The second-order valence-corrected chi connectivity index (χ2v) is 8.51. The maximum Gasteiger partial charge on any atom is 0.278 e. The number of aryl methyl sites for hydroxylation is 1. The smallest absolute Gasteiger partial charge is 0.278 e. The first-order valence-electron chi connectivity index (χ1n) is 11.1. The molecule has 0 unspecified atom stereocenters. The van der Waals surface area contributed by atoms with E-state index in [-0.39, 0.29) is 11.6 Å². The minimum atomic E-state index is -0.314. The van der Waals surface area contributed by atoms with Gasteiger partial charge in [-0.15, -0.1) is 5.10 Å². The maximum absolute atomic E-state index is 13.2. The van der Waals surface area contributed by atoms with Gasteiger partial charge < -0.3 is 10.1 Å². The molecule has 174 valence electrons. The van der Waals surface area contributed by atoms with E-state index in [9.17, 15) is 4.79 Å². The number of rotatable bonds is 10. The van der Waals surface area contributed by atoms with E-state index in [0.29, 0.717) is 22.3 Å². The Balaban J connectivity index is 1.58. The molecule has 2 heterocycles. The number of benzene rings is 2. The summed E-state index contributed by atoms with van der Waals surface area (Å²) in [5.41, 5.74) is 3.66. The van der Waals surface area contributed by atoms with Crippen molar-refractivity contribution in [2.24, 2.45) is 0 Å². The van der Waals surface area contributed by atoms with Crippen LogP contribution in [0.3, 0.4) is 0 Å². The number of unbranched alkanes of at least 4 members (excludes halogenated alkanes) is 1. The molecule has 0 bridgehead atoms. The fourth-order valence-electron chi connectivity index (χ4n) is 3.36. The Bertz CT molecular complexity index is 1210. The first-order valence-corrected chi connectivity index (χ1v) is 12.1. The quantitative estimate of drug-likeness (QED) is 0.257. The third-order valence-electron chi connectivity index (χ3n) is 5.21. The first kappa shape index (κ1) is 23.4. The molecule has 0 atom stereocenters. The van der Waals surface area contributed by atoms with Gasteiger partial charge in [0.2, 0.25) is 0 Å². The number of nitrogens with one attached hydrogen (secondary N) is 1. The van der Waals surface area contributed by atoms with E-state index in [1.807, 2.05) is 48.5 Å². The number of aromatic nitrogens is 5. The summed E-state index contributed by atoms with van der Waals surface area (Å²) in [5, 5.41) is 12.1. The molecular formula is C25H26N6O2S. The summed E-state index contributed by atoms with van der Waals surface area (Å²) in [4.78, 5) is 21.7. The molecular weight excluding hydrogens is 448 g/mol. The van der Waals surface area contributed by atoms with Gasteiger partial charge in [-0.25, -0.2) is 14.6 Å². The minimum Gasteiger partial charge on any atom is -0.497 e. The van der Waals surface area contributed by atoms with Crippen LogP contribution in [0.15, 0.2) is 72.1 Å². The van der Waals surface area contributed by atoms with Gasteiger partial charge in [-0.1, -0.05) is 42.5 Å². The Labute approximate surface area is 202 Å². The van der Waals surface area contributed by atoms with E-state index in [2.05, 4.69) is 32.5 Å². The lowest BCUT2D eigenvalue weighted by Gasteiger charge is -2.09. The van der Waals surface area contributed by atoms with Crippen molar-refractivity contribution in [3.63, 3.8) is 0 Å². The van der Waals surface area contributed by atoms with Crippen LogP contribution in [0.4, 0.5) is 5.69 Å². The average Bonchev–Trinajstić information content (AvgIpc) is 3.32. The van der Waals surface area contributed by atoms with Gasteiger partial charge in [0.1, 0.15) is 5.75 Å². The van der Waals surface area contributed by atoms with Gasteiger partial charge in [0, 0.05) is 23.8 Å². The molecule has 4 rings (SSSR count). The maximum atomic E-state index is 13.2. The van der Waals surface area contributed by atoms with Crippen LogP contribution in [0.5, 0.6) is 5.75 Å². The Morgan fingerprint density at radius 2 is 1.79 bits per heavy atom. The molecule has 2 aromatic heterocycles. The lowest BCUT2D eigenvalue weighted by Crippen LogP contribution is -2.15. The number of hydrogen-bond acceptors (Lipinski definition) is 7.